The summed E-state index contributed by atoms with van der Waals surface area (Å²) in [4.78, 5) is 11.8. The molecule has 1 aliphatic carbocycles. The first-order valence-corrected chi connectivity index (χ1v) is 6.68. The minimum absolute atomic E-state index is 0.0785. The second-order valence-electron chi connectivity index (χ2n) is 4.61. The second kappa shape index (κ2) is 5.08. The smallest absolute Gasteiger partial charge is 0.242 e. The quantitative estimate of drug-likeness (QED) is 0.897. The Hall–Kier alpha value is -1.03. The summed E-state index contributed by atoms with van der Waals surface area (Å²) in [6.45, 7) is 3.91. The van der Waals surface area contributed by atoms with Crippen LogP contribution in [0.4, 0.5) is 5.69 Å². The van der Waals surface area contributed by atoms with Gasteiger partial charge in [-0.05, 0) is 50.5 Å². The third-order valence-corrected chi connectivity index (χ3v) is 3.37. The van der Waals surface area contributed by atoms with E-state index in [9.17, 15) is 4.79 Å². The Morgan fingerprint density at radius 2 is 2.18 bits per heavy atom. The van der Waals surface area contributed by atoms with Crippen molar-refractivity contribution >= 4 is 27.5 Å². The van der Waals surface area contributed by atoms with Crippen LogP contribution in [-0.2, 0) is 4.79 Å². The summed E-state index contributed by atoms with van der Waals surface area (Å²) in [7, 11) is 0. The summed E-state index contributed by atoms with van der Waals surface area (Å²) in [5, 5.41) is 6.23. The van der Waals surface area contributed by atoms with Gasteiger partial charge in [-0.15, -0.1) is 0 Å². The molecular weight excluding hydrogens is 280 g/mol. The van der Waals surface area contributed by atoms with Crippen LogP contribution in [0.1, 0.15) is 25.3 Å². The zero-order chi connectivity index (χ0) is 12.4. The zero-order valence-electron chi connectivity index (χ0n) is 10.1. The maximum absolute atomic E-state index is 11.8. The first-order valence-electron chi connectivity index (χ1n) is 5.89. The normalized spacial score (nSPS) is 16.4. The van der Waals surface area contributed by atoms with Crippen molar-refractivity contribution in [3.05, 3.63) is 28.2 Å². The van der Waals surface area contributed by atoms with Crippen molar-refractivity contribution in [2.24, 2.45) is 0 Å². The molecule has 0 spiro atoms. The van der Waals surface area contributed by atoms with Crippen LogP contribution < -0.4 is 10.6 Å². The highest BCUT2D eigenvalue weighted by molar-refractivity contribution is 9.10. The second-order valence-corrected chi connectivity index (χ2v) is 5.52. The summed E-state index contributed by atoms with van der Waals surface area (Å²) in [5.74, 6) is 0.0785. The standard InChI is InChI=1S/C13H17BrN2O/c1-8-7-10(14)3-6-12(8)15-9(2)13(17)16-11-4-5-11/h3,6-7,9,11,15H,4-5H2,1-2H3,(H,16,17). The van der Waals surface area contributed by atoms with E-state index < -0.39 is 0 Å². The molecule has 0 radical (unpaired) electrons. The maximum Gasteiger partial charge on any atom is 0.242 e. The number of amides is 1. The molecule has 0 bridgehead atoms. The number of nitrogens with one attached hydrogen (secondary N) is 2. The van der Waals surface area contributed by atoms with E-state index in [2.05, 4.69) is 26.6 Å². The molecule has 0 aliphatic heterocycles. The van der Waals surface area contributed by atoms with E-state index in [4.69, 9.17) is 0 Å². The first-order chi connectivity index (χ1) is 8.06. The fourth-order valence-corrected chi connectivity index (χ4v) is 2.12. The molecule has 0 aromatic heterocycles. The number of hydrogen-bond donors (Lipinski definition) is 2. The number of benzene rings is 1. The molecule has 4 heteroatoms. The lowest BCUT2D eigenvalue weighted by molar-refractivity contribution is -0.121. The van der Waals surface area contributed by atoms with Crippen molar-refractivity contribution in [1.82, 2.24) is 5.32 Å². The molecule has 2 rings (SSSR count). The molecule has 0 heterocycles. The molecule has 1 atom stereocenters. The molecule has 1 aromatic rings. The predicted molar refractivity (Wildman–Crippen MR) is 73.1 cm³/mol. The highest BCUT2D eigenvalue weighted by Gasteiger charge is 2.25. The lowest BCUT2D eigenvalue weighted by atomic mass is 10.2. The molecule has 92 valence electrons. The van der Waals surface area contributed by atoms with Gasteiger partial charge >= 0.3 is 0 Å². The SMILES string of the molecule is Cc1cc(Br)ccc1NC(C)C(=O)NC1CC1. The van der Waals surface area contributed by atoms with Crippen molar-refractivity contribution in [2.45, 2.75) is 38.8 Å². The summed E-state index contributed by atoms with van der Waals surface area (Å²) in [5.41, 5.74) is 2.14. The molecule has 1 aliphatic rings. The Kier molecular flexibility index (Phi) is 3.72. The molecule has 1 unspecified atom stereocenters. The van der Waals surface area contributed by atoms with Crippen molar-refractivity contribution in [1.29, 1.82) is 0 Å². The van der Waals surface area contributed by atoms with Crippen molar-refractivity contribution < 1.29 is 4.79 Å². The number of hydrogen-bond acceptors (Lipinski definition) is 2. The van der Waals surface area contributed by atoms with E-state index in [1.807, 2.05) is 32.0 Å². The van der Waals surface area contributed by atoms with Gasteiger partial charge in [0.05, 0.1) is 0 Å². The lowest BCUT2D eigenvalue weighted by Gasteiger charge is -2.16. The Bertz CT molecular complexity index is 429. The van der Waals surface area contributed by atoms with Gasteiger partial charge in [0.1, 0.15) is 6.04 Å². The Balaban J connectivity index is 1.96. The summed E-state index contributed by atoms with van der Waals surface area (Å²) >= 11 is 3.43. The van der Waals surface area contributed by atoms with E-state index in [0.29, 0.717) is 6.04 Å². The first kappa shape index (κ1) is 12.4. The largest absolute Gasteiger partial charge is 0.374 e. The minimum atomic E-state index is -0.199. The van der Waals surface area contributed by atoms with Crippen molar-refractivity contribution in [3.8, 4) is 0 Å². The average molecular weight is 297 g/mol. The minimum Gasteiger partial charge on any atom is -0.374 e. The van der Waals surface area contributed by atoms with Crippen molar-refractivity contribution in [3.63, 3.8) is 0 Å². The molecule has 1 saturated carbocycles. The van der Waals surface area contributed by atoms with Gasteiger partial charge < -0.3 is 10.6 Å². The van der Waals surface area contributed by atoms with Crippen LogP contribution in [0.2, 0.25) is 0 Å². The Morgan fingerprint density at radius 3 is 2.76 bits per heavy atom. The molecule has 3 nitrogen and oxygen atoms in total. The van der Waals surface area contributed by atoms with Gasteiger partial charge in [-0.25, -0.2) is 0 Å². The lowest BCUT2D eigenvalue weighted by Crippen LogP contribution is -2.38. The van der Waals surface area contributed by atoms with Gasteiger partial charge in [0.25, 0.3) is 0 Å². The van der Waals surface area contributed by atoms with E-state index in [0.717, 1.165) is 28.6 Å². The highest BCUT2D eigenvalue weighted by atomic mass is 79.9. The van der Waals surface area contributed by atoms with Gasteiger partial charge in [0.15, 0.2) is 0 Å². The number of rotatable bonds is 4. The van der Waals surface area contributed by atoms with Crippen LogP contribution in [0, 0.1) is 6.92 Å². The van der Waals surface area contributed by atoms with Crippen LogP contribution in [0.5, 0.6) is 0 Å². The van der Waals surface area contributed by atoms with Crippen LogP contribution >= 0.6 is 15.9 Å². The highest BCUT2D eigenvalue weighted by Crippen LogP contribution is 2.21. The van der Waals surface area contributed by atoms with Gasteiger partial charge in [0.2, 0.25) is 5.91 Å². The predicted octanol–water partition coefficient (Wildman–Crippen LogP) is 2.84. The number of aryl methyl sites for hydroxylation is 1. The van der Waals surface area contributed by atoms with Gasteiger partial charge in [-0.3, -0.25) is 4.79 Å². The summed E-state index contributed by atoms with van der Waals surface area (Å²) in [6.07, 6.45) is 2.24. The topological polar surface area (TPSA) is 41.1 Å². The number of carbonyl (C=O) groups excluding carboxylic acids is 1. The third kappa shape index (κ3) is 3.46. The fraction of sp³-hybridized carbons (Fsp3) is 0.462. The third-order valence-electron chi connectivity index (χ3n) is 2.88. The van der Waals surface area contributed by atoms with Crippen molar-refractivity contribution in [2.75, 3.05) is 5.32 Å². The van der Waals surface area contributed by atoms with E-state index in [1.165, 1.54) is 0 Å². The molecule has 1 fully saturated rings. The molecule has 2 N–H and O–H groups in total. The molecule has 1 amide bonds. The number of halogens is 1. The average Bonchev–Trinajstić information content (AvgIpc) is 3.06. The molecule has 1 aromatic carbocycles. The van der Waals surface area contributed by atoms with Crippen LogP contribution in [0.25, 0.3) is 0 Å². The van der Waals surface area contributed by atoms with Gasteiger partial charge in [-0.2, -0.15) is 0 Å². The molecule has 17 heavy (non-hydrogen) atoms. The maximum atomic E-state index is 11.8. The van der Waals surface area contributed by atoms with Crippen LogP contribution in [0.3, 0.4) is 0 Å². The number of carbonyl (C=O) groups is 1. The Morgan fingerprint density at radius 1 is 1.47 bits per heavy atom. The van der Waals surface area contributed by atoms with E-state index in [-0.39, 0.29) is 11.9 Å². The number of anilines is 1. The van der Waals surface area contributed by atoms with Gasteiger partial charge in [0, 0.05) is 16.2 Å². The summed E-state index contributed by atoms with van der Waals surface area (Å²) in [6, 6.07) is 6.21. The van der Waals surface area contributed by atoms with Crippen LogP contribution in [-0.4, -0.2) is 18.0 Å². The summed E-state index contributed by atoms with van der Waals surface area (Å²) < 4.78 is 1.05. The van der Waals surface area contributed by atoms with E-state index in [1.54, 1.807) is 0 Å². The van der Waals surface area contributed by atoms with Gasteiger partial charge in [-0.1, -0.05) is 15.9 Å². The van der Waals surface area contributed by atoms with Crippen LogP contribution in [0.15, 0.2) is 22.7 Å². The fourth-order valence-electron chi connectivity index (χ4n) is 1.64. The van der Waals surface area contributed by atoms with E-state index >= 15 is 0 Å². The monoisotopic (exact) mass is 296 g/mol. The molecule has 0 saturated heterocycles. The molecular formula is C13H17BrN2O. The zero-order valence-corrected chi connectivity index (χ0v) is 11.7. The Labute approximate surface area is 110 Å².